The van der Waals surface area contributed by atoms with E-state index < -0.39 is 9.73 Å². The number of hydrogen-bond acceptors (Lipinski definition) is 8. The fraction of sp³-hybridized carbons (Fsp3) is 0.478. The number of amides is 1. The number of rotatable bonds is 3. The quantitative estimate of drug-likeness (QED) is 0.681. The lowest BCUT2D eigenvalue weighted by Gasteiger charge is -2.34. The lowest BCUT2D eigenvalue weighted by Crippen LogP contribution is -2.44. The van der Waals surface area contributed by atoms with Crippen molar-refractivity contribution in [2.75, 3.05) is 49.3 Å². The van der Waals surface area contributed by atoms with Crippen LogP contribution in [0.15, 0.2) is 28.8 Å². The standard InChI is InChI=1S/C23H28N6O3S/c1-16-15-32-11-8-29(16)22-14-21(27-33(31)12-9-28(10-13-33)17(2)30)25-23(26-22)19-6-7-24-20-5-3-4-18(19)20/h3-4,6-7,14,16H,5,8-13,15H2,1-2H3/t16-/m1/s1. The summed E-state index contributed by atoms with van der Waals surface area (Å²) in [5.74, 6) is 2.43. The largest absolute Gasteiger partial charge is 0.377 e. The first-order chi connectivity index (χ1) is 15.9. The molecule has 0 bridgehead atoms. The summed E-state index contributed by atoms with van der Waals surface area (Å²) in [4.78, 5) is 29.7. The number of ether oxygens (including phenoxy) is 1. The van der Waals surface area contributed by atoms with Gasteiger partial charge in [-0.05, 0) is 13.0 Å². The Morgan fingerprint density at radius 3 is 2.82 bits per heavy atom. The van der Waals surface area contributed by atoms with E-state index in [1.807, 2.05) is 12.1 Å². The minimum atomic E-state index is -2.51. The molecule has 1 aliphatic carbocycles. The molecule has 0 spiro atoms. The molecular weight excluding hydrogens is 440 g/mol. The van der Waals surface area contributed by atoms with E-state index in [4.69, 9.17) is 14.7 Å². The minimum absolute atomic E-state index is 0.00367. The Labute approximate surface area is 194 Å². The van der Waals surface area contributed by atoms with Gasteiger partial charge in [0, 0.05) is 67.9 Å². The number of carbonyl (C=O) groups excluding carboxylic acids is 1. The van der Waals surface area contributed by atoms with Crippen molar-refractivity contribution in [3.05, 3.63) is 35.7 Å². The summed E-state index contributed by atoms with van der Waals surface area (Å²) in [6, 6.07) is 3.91. The van der Waals surface area contributed by atoms with Crippen LogP contribution in [0.4, 0.5) is 11.6 Å². The third-order valence-electron chi connectivity index (χ3n) is 6.34. The van der Waals surface area contributed by atoms with E-state index in [0.717, 1.165) is 29.1 Å². The number of aromatic nitrogens is 3. The molecule has 33 heavy (non-hydrogen) atoms. The molecule has 1 amide bonds. The van der Waals surface area contributed by atoms with E-state index in [2.05, 4.69) is 33.3 Å². The fourth-order valence-electron chi connectivity index (χ4n) is 4.45. The lowest BCUT2D eigenvalue weighted by atomic mass is 10.1. The molecule has 0 radical (unpaired) electrons. The maximum absolute atomic E-state index is 13.5. The van der Waals surface area contributed by atoms with E-state index in [0.29, 0.717) is 56.0 Å². The van der Waals surface area contributed by atoms with Crippen molar-refractivity contribution < 1.29 is 13.7 Å². The fourth-order valence-corrected chi connectivity index (χ4v) is 6.28. The highest BCUT2D eigenvalue weighted by Crippen LogP contribution is 2.32. The zero-order valence-corrected chi connectivity index (χ0v) is 19.8. The second-order valence-corrected chi connectivity index (χ2v) is 11.2. The van der Waals surface area contributed by atoms with Crippen LogP contribution in [0.1, 0.15) is 25.1 Å². The van der Waals surface area contributed by atoms with Gasteiger partial charge in [-0.3, -0.25) is 9.78 Å². The summed E-state index contributed by atoms with van der Waals surface area (Å²) in [6.07, 6.45) is 6.71. The number of hydrogen-bond donors (Lipinski definition) is 0. The lowest BCUT2D eigenvalue weighted by molar-refractivity contribution is -0.128. The van der Waals surface area contributed by atoms with Crippen molar-refractivity contribution in [2.45, 2.75) is 26.3 Å². The maximum Gasteiger partial charge on any atom is 0.219 e. The van der Waals surface area contributed by atoms with Gasteiger partial charge in [0.25, 0.3) is 0 Å². The van der Waals surface area contributed by atoms with Crippen molar-refractivity contribution in [1.82, 2.24) is 19.9 Å². The van der Waals surface area contributed by atoms with Crippen molar-refractivity contribution in [3.63, 3.8) is 0 Å². The first kappa shape index (κ1) is 22.0. The first-order valence-corrected chi connectivity index (χ1v) is 13.1. The molecule has 0 N–H and O–H groups in total. The molecule has 1 atom stereocenters. The van der Waals surface area contributed by atoms with E-state index >= 15 is 0 Å². The summed E-state index contributed by atoms with van der Waals surface area (Å²) < 4.78 is 23.8. The van der Waals surface area contributed by atoms with Gasteiger partial charge in [0.15, 0.2) is 11.6 Å². The summed E-state index contributed by atoms with van der Waals surface area (Å²) in [5, 5.41) is 0. The summed E-state index contributed by atoms with van der Waals surface area (Å²) >= 11 is 0. The van der Waals surface area contributed by atoms with Gasteiger partial charge in [0.2, 0.25) is 5.91 Å². The van der Waals surface area contributed by atoms with Crippen LogP contribution in [0, 0.1) is 0 Å². The zero-order chi connectivity index (χ0) is 23.0. The number of allylic oxidation sites excluding steroid dienone is 1. The second kappa shape index (κ2) is 8.83. The van der Waals surface area contributed by atoms with Gasteiger partial charge in [-0.1, -0.05) is 12.2 Å². The number of fused-ring (bicyclic) bond motifs is 1. The van der Waals surface area contributed by atoms with E-state index in [9.17, 15) is 9.00 Å². The average molecular weight is 469 g/mol. The predicted molar refractivity (Wildman–Crippen MR) is 128 cm³/mol. The van der Waals surface area contributed by atoms with E-state index in [1.54, 1.807) is 18.0 Å². The molecular formula is C23H28N6O3S. The average Bonchev–Trinajstić information content (AvgIpc) is 3.28. The Hall–Kier alpha value is -2.85. The Morgan fingerprint density at radius 1 is 1.24 bits per heavy atom. The predicted octanol–water partition coefficient (Wildman–Crippen LogP) is 2.29. The van der Waals surface area contributed by atoms with E-state index in [1.165, 1.54) is 0 Å². The van der Waals surface area contributed by atoms with Crippen LogP contribution in [0.2, 0.25) is 0 Å². The van der Waals surface area contributed by atoms with Crippen LogP contribution in [0.25, 0.3) is 17.5 Å². The Kier molecular flexibility index (Phi) is 5.88. The zero-order valence-electron chi connectivity index (χ0n) is 18.9. The molecule has 2 saturated heterocycles. The van der Waals surface area contributed by atoms with Gasteiger partial charge < -0.3 is 14.5 Å². The molecule has 0 saturated carbocycles. The summed E-state index contributed by atoms with van der Waals surface area (Å²) in [7, 11) is -2.51. The van der Waals surface area contributed by atoms with Crippen LogP contribution in [-0.4, -0.2) is 80.4 Å². The second-order valence-electron chi connectivity index (χ2n) is 8.63. The molecule has 10 heteroatoms. The van der Waals surface area contributed by atoms with Crippen LogP contribution in [0.3, 0.4) is 0 Å². The molecule has 2 aromatic heterocycles. The number of anilines is 1. The molecule has 4 heterocycles. The van der Waals surface area contributed by atoms with Gasteiger partial charge in [-0.15, -0.1) is 0 Å². The molecule has 9 nitrogen and oxygen atoms in total. The van der Waals surface area contributed by atoms with Gasteiger partial charge in [0.05, 0.1) is 34.7 Å². The van der Waals surface area contributed by atoms with Crippen LogP contribution in [-0.2, 0) is 25.7 Å². The molecule has 174 valence electrons. The number of carbonyl (C=O) groups is 1. The number of pyridine rings is 1. The Bertz CT molecular complexity index is 1220. The molecule has 5 rings (SSSR count). The molecule has 3 aliphatic rings. The smallest absolute Gasteiger partial charge is 0.219 e. The Morgan fingerprint density at radius 2 is 2.06 bits per heavy atom. The van der Waals surface area contributed by atoms with Crippen molar-refractivity contribution in [3.8, 4) is 11.4 Å². The monoisotopic (exact) mass is 468 g/mol. The third kappa shape index (κ3) is 4.49. The van der Waals surface area contributed by atoms with Gasteiger partial charge >= 0.3 is 0 Å². The molecule has 2 aliphatic heterocycles. The highest BCUT2D eigenvalue weighted by Gasteiger charge is 2.25. The minimum Gasteiger partial charge on any atom is -0.377 e. The van der Waals surface area contributed by atoms with Crippen LogP contribution < -0.4 is 4.90 Å². The van der Waals surface area contributed by atoms with Gasteiger partial charge in [-0.2, -0.15) is 4.36 Å². The van der Waals surface area contributed by atoms with Crippen molar-refractivity contribution in [1.29, 1.82) is 0 Å². The molecule has 0 unspecified atom stereocenters. The van der Waals surface area contributed by atoms with Gasteiger partial charge in [0.1, 0.15) is 5.82 Å². The van der Waals surface area contributed by atoms with Crippen LogP contribution in [0.5, 0.6) is 0 Å². The van der Waals surface area contributed by atoms with Gasteiger partial charge in [-0.25, -0.2) is 14.2 Å². The number of morpholine rings is 1. The third-order valence-corrected chi connectivity index (χ3v) is 8.50. The SMILES string of the molecule is CC(=O)N1CCS(=O)(=Nc2cc(N3CCOC[C@H]3C)nc(-c3ccnc4c3C=CC4)n2)CC1. The summed E-state index contributed by atoms with van der Waals surface area (Å²) in [5.41, 5.74) is 2.92. The van der Waals surface area contributed by atoms with E-state index in [-0.39, 0.29) is 11.9 Å². The first-order valence-electron chi connectivity index (χ1n) is 11.3. The maximum atomic E-state index is 13.5. The number of nitrogens with zero attached hydrogens (tertiary/aromatic N) is 6. The van der Waals surface area contributed by atoms with Crippen molar-refractivity contribution >= 4 is 33.3 Å². The normalized spacial score (nSPS) is 21.7. The summed E-state index contributed by atoms with van der Waals surface area (Å²) in [6.45, 7) is 6.50. The van der Waals surface area contributed by atoms with Crippen molar-refractivity contribution in [2.24, 2.45) is 4.36 Å². The van der Waals surface area contributed by atoms with Crippen LogP contribution >= 0.6 is 0 Å². The topological polar surface area (TPSA) is 101 Å². The molecule has 2 fully saturated rings. The highest BCUT2D eigenvalue weighted by molar-refractivity contribution is 7.93. The molecule has 2 aromatic rings. The highest BCUT2D eigenvalue weighted by atomic mass is 32.2. The Balaban J connectivity index is 1.58. The molecule has 0 aromatic carbocycles.